The van der Waals surface area contributed by atoms with Crippen LogP contribution in [0, 0.1) is 29.6 Å². The molecule has 1 atom stereocenters. The predicted octanol–water partition coefficient (Wildman–Crippen LogP) is 2.98. The van der Waals surface area contributed by atoms with E-state index in [9.17, 15) is 4.79 Å². The van der Waals surface area contributed by atoms with E-state index in [1.54, 1.807) is 0 Å². The minimum absolute atomic E-state index is 0.141. The van der Waals surface area contributed by atoms with Crippen LogP contribution in [-0.4, -0.2) is 11.9 Å². The number of carbonyl (C=O) groups excluding carboxylic acids is 1. The maximum absolute atomic E-state index is 11.9. The fraction of sp³-hybridized carbons (Fsp3) is 0.800. The minimum Gasteiger partial charge on any atom is -0.343 e. The molecule has 0 spiro atoms. The lowest BCUT2D eigenvalue weighted by Crippen LogP contribution is -2.39. The van der Waals surface area contributed by atoms with Crippen molar-refractivity contribution in [2.24, 2.45) is 17.3 Å². The Morgan fingerprint density at radius 3 is 2.24 bits per heavy atom. The molecule has 0 saturated heterocycles. The lowest BCUT2D eigenvalue weighted by molar-refractivity contribution is -0.126. The summed E-state index contributed by atoms with van der Waals surface area (Å²) < 4.78 is 0. The number of amides is 1. The third kappa shape index (κ3) is 4.07. The lowest BCUT2D eigenvalue weighted by atomic mass is 9.69. The van der Waals surface area contributed by atoms with Crippen molar-refractivity contribution in [3.8, 4) is 12.3 Å². The average Bonchev–Trinajstić information content (AvgIpc) is 2.27. The molecule has 0 radical (unpaired) electrons. The highest BCUT2D eigenvalue weighted by atomic mass is 16.1. The van der Waals surface area contributed by atoms with Crippen LogP contribution in [0.15, 0.2) is 0 Å². The molecule has 96 valence electrons. The summed E-state index contributed by atoms with van der Waals surface area (Å²) in [6.45, 7) is 8.72. The van der Waals surface area contributed by atoms with Crippen LogP contribution in [0.5, 0.6) is 0 Å². The molecule has 0 heterocycles. The van der Waals surface area contributed by atoms with E-state index in [2.05, 4.69) is 32.0 Å². The summed E-state index contributed by atoms with van der Waals surface area (Å²) in [6.07, 6.45) is 9.59. The van der Waals surface area contributed by atoms with Crippen molar-refractivity contribution < 1.29 is 4.79 Å². The summed E-state index contributed by atoms with van der Waals surface area (Å²) >= 11 is 0. The molecule has 0 aliphatic heterocycles. The van der Waals surface area contributed by atoms with Gasteiger partial charge in [0.2, 0.25) is 5.91 Å². The highest BCUT2D eigenvalue weighted by Crippen LogP contribution is 2.39. The summed E-state index contributed by atoms with van der Waals surface area (Å²) in [6, 6.07) is -0.150. The summed E-state index contributed by atoms with van der Waals surface area (Å²) in [5, 5.41) is 2.88. The topological polar surface area (TPSA) is 29.1 Å². The molecule has 0 aromatic carbocycles. The third-order valence-electron chi connectivity index (χ3n) is 3.93. The zero-order valence-corrected chi connectivity index (χ0v) is 11.5. The van der Waals surface area contributed by atoms with Gasteiger partial charge in [0.15, 0.2) is 0 Å². The summed E-state index contributed by atoms with van der Waals surface area (Å²) in [4.78, 5) is 11.9. The van der Waals surface area contributed by atoms with Gasteiger partial charge in [-0.15, -0.1) is 6.42 Å². The van der Waals surface area contributed by atoms with Gasteiger partial charge in [-0.2, -0.15) is 0 Å². The van der Waals surface area contributed by atoms with E-state index in [1.807, 2.05) is 6.92 Å². The van der Waals surface area contributed by atoms with Crippen LogP contribution in [-0.2, 0) is 4.79 Å². The molecule has 1 aliphatic carbocycles. The zero-order chi connectivity index (χ0) is 13.1. The first-order valence-electron chi connectivity index (χ1n) is 6.61. The highest BCUT2D eigenvalue weighted by molar-refractivity contribution is 5.79. The van der Waals surface area contributed by atoms with Gasteiger partial charge in [-0.1, -0.05) is 26.7 Å². The van der Waals surface area contributed by atoms with Gasteiger partial charge in [-0.3, -0.25) is 4.79 Å². The summed E-state index contributed by atoms with van der Waals surface area (Å²) in [7, 11) is 0. The first-order chi connectivity index (χ1) is 7.84. The highest BCUT2D eigenvalue weighted by Gasteiger charge is 2.32. The number of hydrogen-bond donors (Lipinski definition) is 1. The van der Waals surface area contributed by atoms with Crippen molar-refractivity contribution in [1.82, 2.24) is 5.32 Å². The second kappa shape index (κ2) is 5.58. The van der Waals surface area contributed by atoms with E-state index in [0.29, 0.717) is 5.41 Å². The Hall–Kier alpha value is -0.970. The SMILES string of the molecule is C#CC(C)NC(=O)C1CCC(C(C)(C)C)CC1. The van der Waals surface area contributed by atoms with Gasteiger partial charge in [0.1, 0.15) is 0 Å². The van der Waals surface area contributed by atoms with Gasteiger partial charge in [-0.05, 0) is 43.9 Å². The molecule has 1 N–H and O–H groups in total. The van der Waals surface area contributed by atoms with Crippen LogP contribution in [0.1, 0.15) is 53.4 Å². The van der Waals surface area contributed by atoms with Gasteiger partial charge in [0, 0.05) is 5.92 Å². The largest absolute Gasteiger partial charge is 0.343 e. The van der Waals surface area contributed by atoms with Crippen molar-refractivity contribution in [1.29, 1.82) is 0 Å². The Labute approximate surface area is 106 Å². The molecule has 1 saturated carbocycles. The van der Waals surface area contributed by atoms with Gasteiger partial charge in [0.05, 0.1) is 6.04 Å². The number of terminal acetylenes is 1. The van der Waals surface area contributed by atoms with Gasteiger partial charge >= 0.3 is 0 Å². The van der Waals surface area contributed by atoms with Crippen LogP contribution < -0.4 is 5.32 Å². The van der Waals surface area contributed by atoms with Crippen molar-refractivity contribution in [2.75, 3.05) is 0 Å². The van der Waals surface area contributed by atoms with E-state index < -0.39 is 0 Å². The molecular formula is C15H25NO. The molecule has 1 unspecified atom stereocenters. The van der Waals surface area contributed by atoms with Gasteiger partial charge in [0.25, 0.3) is 0 Å². The average molecular weight is 235 g/mol. The second-order valence-electron chi connectivity index (χ2n) is 6.31. The Morgan fingerprint density at radius 1 is 1.29 bits per heavy atom. The molecular weight excluding hydrogens is 210 g/mol. The fourth-order valence-corrected chi connectivity index (χ4v) is 2.59. The molecule has 1 amide bonds. The van der Waals surface area contributed by atoms with E-state index in [4.69, 9.17) is 6.42 Å². The van der Waals surface area contributed by atoms with Gasteiger partial charge in [-0.25, -0.2) is 0 Å². The molecule has 2 nitrogen and oxygen atoms in total. The Balaban J connectivity index is 2.42. The Kier molecular flexibility index (Phi) is 4.62. The molecule has 0 aromatic heterocycles. The molecule has 0 bridgehead atoms. The van der Waals surface area contributed by atoms with E-state index in [1.165, 1.54) is 0 Å². The fourth-order valence-electron chi connectivity index (χ4n) is 2.59. The predicted molar refractivity (Wildman–Crippen MR) is 71.3 cm³/mol. The Morgan fingerprint density at radius 2 is 1.82 bits per heavy atom. The van der Waals surface area contributed by atoms with Crippen LogP contribution in [0.25, 0.3) is 0 Å². The van der Waals surface area contributed by atoms with Crippen molar-refractivity contribution in [2.45, 2.75) is 59.4 Å². The van der Waals surface area contributed by atoms with Crippen molar-refractivity contribution in [3.63, 3.8) is 0 Å². The number of carbonyl (C=O) groups is 1. The number of nitrogens with one attached hydrogen (secondary N) is 1. The summed E-state index contributed by atoms with van der Waals surface area (Å²) in [5.41, 5.74) is 0.369. The van der Waals surface area contributed by atoms with E-state index >= 15 is 0 Å². The van der Waals surface area contributed by atoms with E-state index in [0.717, 1.165) is 31.6 Å². The molecule has 1 fully saturated rings. The molecule has 0 aromatic rings. The molecule has 1 aliphatic rings. The number of rotatable bonds is 2. The zero-order valence-electron chi connectivity index (χ0n) is 11.5. The first-order valence-corrected chi connectivity index (χ1v) is 6.61. The normalized spacial score (nSPS) is 27.0. The van der Waals surface area contributed by atoms with Gasteiger partial charge < -0.3 is 5.32 Å². The smallest absolute Gasteiger partial charge is 0.224 e. The van der Waals surface area contributed by atoms with Crippen molar-refractivity contribution in [3.05, 3.63) is 0 Å². The first kappa shape index (κ1) is 14.1. The Bertz CT molecular complexity index is 300. The second-order valence-corrected chi connectivity index (χ2v) is 6.31. The standard InChI is InChI=1S/C15H25NO/c1-6-11(2)16-14(17)12-7-9-13(10-8-12)15(3,4)5/h1,11-13H,7-10H2,2-5H3,(H,16,17). The minimum atomic E-state index is -0.150. The lowest BCUT2D eigenvalue weighted by Gasteiger charge is -2.36. The van der Waals surface area contributed by atoms with Crippen LogP contribution >= 0.6 is 0 Å². The number of hydrogen-bond acceptors (Lipinski definition) is 1. The maximum atomic E-state index is 11.9. The van der Waals surface area contributed by atoms with Crippen LogP contribution in [0.4, 0.5) is 0 Å². The maximum Gasteiger partial charge on any atom is 0.224 e. The molecule has 2 heteroatoms. The van der Waals surface area contributed by atoms with Crippen LogP contribution in [0.2, 0.25) is 0 Å². The van der Waals surface area contributed by atoms with Crippen molar-refractivity contribution >= 4 is 5.91 Å². The molecule has 1 rings (SSSR count). The monoisotopic (exact) mass is 235 g/mol. The third-order valence-corrected chi connectivity index (χ3v) is 3.93. The van der Waals surface area contributed by atoms with Crippen LogP contribution in [0.3, 0.4) is 0 Å². The molecule has 17 heavy (non-hydrogen) atoms. The summed E-state index contributed by atoms with van der Waals surface area (Å²) in [5.74, 6) is 3.60. The van der Waals surface area contributed by atoms with E-state index in [-0.39, 0.29) is 17.9 Å². The quantitative estimate of drug-likeness (QED) is 0.732.